The van der Waals surface area contributed by atoms with Gasteiger partial charge in [-0.05, 0) is 59.2 Å². The number of thioether (sulfide) groups is 1. The smallest absolute Gasteiger partial charge is 0.417 e. The SMILES string of the molecule is O=C1[C@H](SC[C@@H](O)c2ccc(Cl)cc2)[C@@H](c2ccc(O)cc2)N1c1ccc(-c2cncc(C(F)(F)F)c2)cc1. The van der Waals surface area contributed by atoms with Crippen LogP contribution in [0.3, 0.4) is 0 Å². The quantitative estimate of drug-likeness (QED) is 0.233. The van der Waals surface area contributed by atoms with Gasteiger partial charge in [-0.1, -0.05) is 48.0 Å². The highest BCUT2D eigenvalue weighted by Gasteiger charge is 2.49. The second kappa shape index (κ2) is 10.9. The minimum Gasteiger partial charge on any atom is -0.508 e. The highest BCUT2D eigenvalue weighted by atomic mass is 35.5. The Balaban J connectivity index is 1.38. The van der Waals surface area contributed by atoms with Crippen LogP contribution < -0.4 is 4.90 Å². The van der Waals surface area contributed by atoms with E-state index in [1.807, 2.05) is 0 Å². The lowest BCUT2D eigenvalue weighted by Gasteiger charge is -2.47. The zero-order valence-corrected chi connectivity index (χ0v) is 21.8. The lowest BCUT2D eigenvalue weighted by molar-refractivity contribution is -0.137. The third-order valence-corrected chi connectivity index (χ3v) is 8.09. The van der Waals surface area contributed by atoms with Crippen molar-refractivity contribution in [2.24, 2.45) is 0 Å². The van der Waals surface area contributed by atoms with Crippen LogP contribution in [0, 0.1) is 0 Å². The number of aromatic nitrogens is 1. The van der Waals surface area contributed by atoms with E-state index >= 15 is 0 Å². The second-order valence-electron chi connectivity index (χ2n) is 9.07. The van der Waals surface area contributed by atoms with Gasteiger partial charge in [0.05, 0.1) is 17.7 Å². The zero-order chi connectivity index (χ0) is 27.7. The highest BCUT2D eigenvalue weighted by Crippen LogP contribution is 2.46. The number of rotatable bonds is 7. The van der Waals surface area contributed by atoms with E-state index in [-0.39, 0.29) is 23.5 Å². The van der Waals surface area contributed by atoms with Crippen LogP contribution in [0.25, 0.3) is 11.1 Å². The maximum Gasteiger partial charge on any atom is 0.417 e. The summed E-state index contributed by atoms with van der Waals surface area (Å²) in [5, 5.41) is 20.5. The standard InChI is InChI=1S/C29H22ClF3N2O3S/c30-22-7-1-18(2-8-22)25(37)16-39-27-26(19-5-11-24(36)12-6-19)35(28(27)38)23-9-3-17(4-10-23)20-13-21(15-34-14-20)29(31,32)33/h1-15,25-27,36-37H,16H2/t25-,26-,27-/m1/s1. The molecule has 10 heteroatoms. The number of carbonyl (C=O) groups excluding carboxylic acids is 1. The van der Waals surface area contributed by atoms with Gasteiger partial charge in [0.1, 0.15) is 11.0 Å². The fourth-order valence-corrected chi connectivity index (χ4v) is 5.88. The highest BCUT2D eigenvalue weighted by molar-refractivity contribution is 8.00. The van der Waals surface area contributed by atoms with Gasteiger partial charge in [0.15, 0.2) is 0 Å². The van der Waals surface area contributed by atoms with E-state index in [0.717, 1.165) is 17.8 Å². The minimum atomic E-state index is -4.50. The van der Waals surface area contributed by atoms with E-state index in [9.17, 15) is 28.2 Å². The summed E-state index contributed by atoms with van der Waals surface area (Å²) in [5.74, 6) is 0.217. The summed E-state index contributed by atoms with van der Waals surface area (Å²) in [6, 6.07) is 20.8. The van der Waals surface area contributed by atoms with Crippen LogP contribution in [0.1, 0.15) is 28.8 Å². The van der Waals surface area contributed by atoms with Crippen molar-refractivity contribution in [1.82, 2.24) is 4.98 Å². The molecule has 0 radical (unpaired) electrons. The number of aliphatic hydroxyl groups excluding tert-OH is 1. The number of hydrogen-bond donors (Lipinski definition) is 2. The number of β-lactam (4-membered cyclic amide) rings is 1. The monoisotopic (exact) mass is 570 g/mol. The molecule has 1 aliphatic heterocycles. The first-order valence-electron chi connectivity index (χ1n) is 11.9. The molecule has 1 aromatic heterocycles. The Morgan fingerprint density at radius 2 is 1.62 bits per heavy atom. The third kappa shape index (κ3) is 5.75. The Kier molecular flexibility index (Phi) is 7.57. The van der Waals surface area contributed by atoms with E-state index in [4.69, 9.17) is 11.6 Å². The van der Waals surface area contributed by atoms with Gasteiger partial charge in [0.2, 0.25) is 5.91 Å². The van der Waals surface area contributed by atoms with Crippen molar-refractivity contribution in [1.29, 1.82) is 0 Å². The second-order valence-corrected chi connectivity index (χ2v) is 10.7. The number of amides is 1. The summed E-state index contributed by atoms with van der Waals surface area (Å²) < 4.78 is 39.4. The van der Waals surface area contributed by atoms with E-state index in [1.54, 1.807) is 77.7 Å². The fourth-order valence-electron chi connectivity index (χ4n) is 4.45. The van der Waals surface area contributed by atoms with Crippen LogP contribution >= 0.6 is 23.4 Å². The van der Waals surface area contributed by atoms with Gasteiger partial charge in [0, 0.05) is 34.4 Å². The Morgan fingerprint density at radius 1 is 0.949 bits per heavy atom. The maximum absolute atomic E-state index is 13.3. The summed E-state index contributed by atoms with van der Waals surface area (Å²) in [5.41, 5.74) is 2.08. The summed E-state index contributed by atoms with van der Waals surface area (Å²) in [6.45, 7) is 0. The van der Waals surface area contributed by atoms with Crippen molar-refractivity contribution in [3.8, 4) is 16.9 Å². The summed E-state index contributed by atoms with van der Waals surface area (Å²) >= 11 is 7.27. The first-order chi connectivity index (χ1) is 18.6. The molecule has 5 rings (SSSR count). The molecule has 2 N–H and O–H groups in total. The van der Waals surface area contributed by atoms with Crippen LogP contribution in [0.5, 0.6) is 5.75 Å². The van der Waals surface area contributed by atoms with Gasteiger partial charge in [0.25, 0.3) is 0 Å². The third-order valence-electron chi connectivity index (χ3n) is 6.51. The molecule has 200 valence electrons. The molecule has 1 fully saturated rings. The van der Waals surface area contributed by atoms with E-state index in [1.165, 1.54) is 18.0 Å². The molecular weight excluding hydrogens is 549 g/mol. The lowest BCUT2D eigenvalue weighted by atomic mass is 9.92. The van der Waals surface area contributed by atoms with Crippen molar-refractivity contribution in [2.75, 3.05) is 10.7 Å². The van der Waals surface area contributed by atoms with Crippen molar-refractivity contribution in [2.45, 2.75) is 23.6 Å². The summed E-state index contributed by atoms with van der Waals surface area (Å²) in [4.78, 5) is 18.7. The van der Waals surface area contributed by atoms with Crippen LogP contribution in [0.15, 0.2) is 91.3 Å². The molecule has 1 amide bonds. The number of phenols is 1. The van der Waals surface area contributed by atoms with Crippen molar-refractivity contribution < 1.29 is 28.2 Å². The number of phenolic OH excluding ortho intramolecular Hbond substituents is 1. The van der Waals surface area contributed by atoms with Crippen molar-refractivity contribution >= 4 is 35.0 Å². The molecule has 4 aromatic rings. The van der Waals surface area contributed by atoms with Gasteiger partial charge >= 0.3 is 6.18 Å². The number of benzene rings is 3. The summed E-state index contributed by atoms with van der Waals surface area (Å²) in [7, 11) is 0. The molecule has 39 heavy (non-hydrogen) atoms. The number of hydrogen-bond acceptors (Lipinski definition) is 5. The number of pyridine rings is 1. The lowest BCUT2D eigenvalue weighted by Crippen LogP contribution is -2.57. The van der Waals surface area contributed by atoms with Crippen LogP contribution in [0.4, 0.5) is 18.9 Å². The van der Waals surface area contributed by atoms with Crippen molar-refractivity contribution in [3.05, 3.63) is 113 Å². The number of halogens is 4. The number of aromatic hydroxyl groups is 1. The average Bonchev–Trinajstić information content (AvgIpc) is 2.92. The summed E-state index contributed by atoms with van der Waals surface area (Å²) in [6.07, 6.45) is -3.16. The van der Waals surface area contributed by atoms with E-state index < -0.39 is 23.1 Å². The number of aliphatic hydroxyl groups is 1. The number of anilines is 1. The van der Waals surface area contributed by atoms with Gasteiger partial charge in [-0.25, -0.2) is 0 Å². The van der Waals surface area contributed by atoms with Crippen LogP contribution in [0.2, 0.25) is 5.02 Å². The normalized spacial score (nSPS) is 18.1. The molecule has 3 atom stereocenters. The number of nitrogens with zero attached hydrogens (tertiary/aromatic N) is 2. The van der Waals surface area contributed by atoms with Gasteiger partial charge in [-0.3, -0.25) is 9.78 Å². The molecule has 0 bridgehead atoms. The van der Waals surface area contributed by atoms with E-state index in [2.05, 4.69) is 4.98 Å². The van der Waals surface area contributed by atoms with E-state index in [0.29, 0.717) is 27.4 Å². The topological polar surface area (TPSA) is 73.7 Å². The van der Waals surface area contributed by atoms with Gasteiger partial charge < -0.3 is 15.1 Å². The molecule has 0 saturated carbocycles. The Hall–Kier alpha value is -3.53. The Labute approximate surface area is 231 Å². The fraction of sp³-hybridized carbons (Fsp3) is 0.172. The molecular formula is C29H22ClF3N2O3S. The molecule has 5 nitrogen and oxygen atoms in total. The van der Waals surface area contributed by atoms with Crippen LogP contribution in [-0.4, -0.2) is 32.1 Å². The largest absolute Gasteiger partial charge is 0.508 e. The molecule has 0 unspecified atom stereocenters. The first-order valence-corrected chi connectivity index (χ1v) is 13.3. The zero-order valence-electron chi connectivity index (χ0n) is 20.2. The number of alkyl halides is 3. The molecule has 1 saturated heterocycles. The van der Waals surface area contributed by atoms with Crippen molar-refractivity contribution in [3.63, 3.8) is 0 Å². The number of carbonyl (C=O) groups is 1. The van der Waals surface area contributed by atoms with Crippen LogP contribution in [-0.2, 0) is 11.0 Å². The first kappa shape index (κ1) is 27.1. The molecule has 1 aliphatic rings. The predicted molar refractivity (Wildman–Crippen MR) is 146 cm³/mol. The molecule has 0 aliphatic carbocycles. The molecule has 3 aromatic carbocycles. The average molecular weight is 571 g/mol. The maximum atomic E-state index is 13.3. The van der Waals surface area contributed by atoms with Gasteiger partial charge in [-0.2, -0.15) is 13.2 Å². The molecule has 2 heterocycles. The molecule has 0 spiro atoms. The predicted octanol–water partition coefficient (Wildman–Crippen LogP) is 7.05. The minimum absolute atomic E-state index is 0.0948. The van der Waals surface area contributed by atoms with Gasteiger partial charge in [-0.15, -0.1) is 11.8 Å². The Morgan fingerprint density at radius 3 is 2.26 bits per heavy atom. The Bertz CT molecular complexity index is 1470.